The lowest BCUT2D eigenvalue weighted by atomic mass is 10.2. The molecule has 0 aliphatic rings. The zero-order valence-corrected chi connectivity index (χ0v) is 10.5. The minimum atomic E-state index is -3.43. The normalized spacial score (nSPS) is 13.7. The second-order valence-electron chi connectivity index (χ2n) is 3.79. The average Bonchev–Trinajstić information content (AvgIpc) is 2.17. The predicted octanol–water partition coefficient (Wildman–Crippen LogP) is 1.31. The Hall–Kier alpha value is -0.910. The molecule has 0 aliphatic carbocycles. The molecule has 1 aromatic carbocycles. The Kier molecular flexibility index (Phi) is 4.46. The van der Waals surface area contributed by atoms with Crippen LogP contribution in [0.4, 0.5) is 0 Å². The molecule has 1 rings (SSSR count). The molecule has 90 valence electrons. The topological polar surface area (TPSA) is 55.4 Å². The summed E-state index contributed by atoms with van der Waals surface area (Å²) < 4.78 is 31.1. The molecular formula is C11H17NO3S. The van der Waals surface area contributed by atoms with Crippen molar-refractivity contribution in [3.63, 3.8) is 0 Å². The van der Waals surface area contributed by atoms with Crippen LogP contribution in [0.3, 0.4) is 0 Å². The summed E-state index contributed by atoms with van der Waals surface area (Å²) in [4.78, 5) is 0.279. The first kappa shape index (κ1) is 13.2. The molecule has 5 heteroatoms. The molecule has 0 aromatic heterocycles. The van der Waals surface area contributed by atoms with Gasteiger partial charge >= 0.3 is 0 Å². The standard InChI is InChI=1S/C11H17NO3S/c1-9-4-6-11(7-5-9)16(13,14)12-10(2)8-15-3/h4-7,10,12H,8H2,1-3H3/t10-/m0/s1. The maximum absolute atomic E-state index is 11.9. The number of benzene rings is 1. The van der Waals surface area contributed by atoms with Gasteiger partial charge in [-0.25, -0.2) is 13.1 Å². The van der Waals surface area contributed by atoms with Gasteiger partial charge in [-0.15, -0.1) is 0 Å². The number of rotatable bonds is 5. The van der Waals surface area contributed by atoms with Gasteiger partial charge in [0.2, 0.25) is 10.0 Å². The highest BCUT2D eigenvalue weighted by molar-refractivity contribution is 7.89. The van der Waals surface area contributed by atoms with E-state index in [1.807, 2.05) is 6.92 Å². The molecule has 0 radical (unpaired) electrons. The van der Waals surface area contributed by atoms with Gasteiger partial charge < -0.3 is 4.74 Å². The lowest BCUT2D eigenvalue weighted by Crippen LogP contribution is -2.35. The first-order valence-corrected chi connectivity index (χ1v) is 6.52. The Bertz CT molecular complexity index is 425. The van der Waals surface area contributed by atoms with Crippen LogP contribution < -0.4 is 4.72 Å². The summed E-state index contributed by atoms with van der Waals surface area (Å²) >= 11 is 0. The van der Waals surface area contributed by atoms with Crippen molar-refractivity contribution in [3.05, 3.63) is 29.8 Å². The van der Waals surface area contributed by atoms with E-state index >= 15 is 0 Å². The first-order chi connectivity index (χ1) is 7.45. The molecule has 0 saturated carbocycles. The number of hydrogen-bond donors (Lipinski definition) is 1. The van der Waals surface area contributed by atoms with Crippen LogP contribution in [0, 0.1) is 6.92 Å². The predicted molar refractivity (Wildman–Crippen MR) is 62.8 cm³/mol. The molecule has 0 unspecified atom stereocenters. The zero-order chi connectivity index (χ0) is 12.2. The minimum Gasteiger partial charge on any atom is -0.383 e. The quantitative estimate of drug-likeness (QED) is 0.848. The molecule has 16 heavy (non-hydrogen) atoms. The van der Waals surface area contributed by atoms with Crippen molar-refractivity contribution in [1.29, 1.82) is 0 Å². The summed E-state index contributed by atoms with van der Waals surface area (Å²) in [6.45, 7) is 4.03. The smallest absolute Gasteiger partial charge is 0.240 e. The van der Waals surface area contributed by atoms with Gasteiger partial charge in [0, 0.05) is 13.2 Å². The van der Waals surface area contributed by atoms with Crippen LogP contribution >= 0.6 is 0 Å². The van der Waals surface area contributed by atoms with Gasteiger partial charge in [0.1, 0.15) is 0 Å². The molecule has 0 amide bonds. The largest absolute Gasteiger partial charge is 0.383 e. The minimum absolute atomic E-state index is 0.240. The second kappa shape index (κ2) is 5.43. The van der Waals surface area contributed by atoms with Crippen LogP contribution in [-0.2, 0) is 14.8 Å². The first-order valence-electron chi connectivity index (χ1n) is 5.03. The van der Waals surface area contributed by atoms with Crippen molar-refractivity contribution in [1.82, 2.24) is 4.72 Å². The zero-order valence-electron chi connectivity index (χ0n) is 9.73. The third-order valence-electron chi connectivity index (χ3n) is 2.10. The van der Waals surface area contributed by atoms with E-state index in [2.05, 4.69) is 4.72 Å². The summed E-state index contributed by atoms with van der Waals surface area (Å²) in [6, 6.07) is 6.50. The van der Waals surface area contributed by atoms with Crippen molar-refractivity contribution >= 4 is 10.0 Å². The Balaban J connectivity index is 2.82. The molecule has 1 N–H and O–H groups in total. The fourth-order valence-electron chi connectivity index (χ4n) is 1.33. The van der Waals surface area contributed by atoms with E-state index in [1.54, 1.807) is 31.2 Å². The molecule has 0 heterocycles. The van der Waals surface area contributed by atoms with E-state index in [4.69, 9.17) is 4.74 Å². The highest BCUT2D eigenvalue weighted by Crippen LogP contribution is 2.10. The van der Waals surface area contributed by atoms with E-state index in [9.17, 15) is 8.42 Å². The molecule has 0 bridgehead atoms. The van der Waals surface area contributed by atoms with Crippen molar-refractivity contribution < 1.29 is 13.2 Å². The van der Waals surface area contributed by atoms with Crippen LogP contribution in [0.15, 0.2) is 29.2 Å². The number of ether oxygens (including phenoxy) is 1. The maximum atomic E-state index is 11.9. The Morgan fingerprint density at radius 3 is 2.38 bits per heavy atom. The Morgan fingerprint density at radius 2 is 1.88 bits per heavy atom. The van der Waals surface area contributed by atoms with Gasteiger partial charge in [0.15, 0.2) is 0 Å². The van der Waals surface area contributed by atoms with E-state index in [1.165, 1.54) is 7.11 Å². The third kappa shape index (κ3) is 3.59. The SMILES string of the molecule is COC[C@H](C)NS(=O)(=O)c1ccc(C)cc1. The van der Waals surface area contributed by atoms with E-state index < -0.39 is 10.0 Å². The van der Waals surface area contributed by atoms with Crippen molar-refractivity contribution in [2.45, 2.75) is 24.8 Å². The summed E-state index contributed by atoms with van der Waals surface area (Å²) in [6.07, 6.45) is 0. The molecule has 0 saturated heterocycles. The molecule has 0 fully saturated rings. The number of nitrogens with one attached hydrogen (secondary N) is 1. The number of sulfonamides is 1. The van der Waals surface area contributed by atoms with Crippen LogP contribution in [0.5, 0.6) is 0 Å². The number of hydrogen-bond acceptors (Lipinski definition) is 3. The molecule has 1 aromatic rings. The number of aryl methyl sites for hydroxylation is 1. The van der Waals surface area contributed by atoms with Crippen LogP contribution in [0.1, 0.15) is 12.5 Å². The van der Waals surface area contributed by atoms with Gasteiger partial charge in [0.25, 0.3) is 0 Å². The van der Waals surface area contributed by atoms with Gasteiger partial charge in [-0.2, -0.15) is 0 Å². The maximum Gasteiger partial charge on any atom is 0.240 e. The lowest BCUT2D eigenvalue weighted by molar-refractivity contribution is 0.180. The molecule has 0 spiro atoms. The second-order valence-corrected chi connectivity index (χ2v) is 5.50. The molecule has 0 aliphatic heterocycles. The molecular weight excluding hydrogens is 226 g/mol. The summed E-state index contributed by atoms with van der Waals surface area (Å²) in [5.74, 6) is 0. The Labute approximate surface area is 96.7 Å². The average molecular weight is 243 g/mol. The van der Waals surface area contributed by atoms with E-state index in [0.29, 0.717) is 6.61 Å². The monoisotopic (exact) mass is 243 g/mol. The fraction of sp³-hybridized carbons (Fsp3) is 0.455. The van der Waals surface area contributed by atoms with Crippen molar-refractivity contribution in [2.75, 3.05) is 13.7 Å². The molecule has 1 atom stereocenters. The van der Waals surface area contributed by atoms with E-state index in [0.717, 1.165) is 5.56 Å². The number of methoxy groups -OCH3 is 1. The summed E-state index contributed by atoms with van der Waals surface area (Å²) in [5.41, 5.74) is 1.03. The van der Waals surface area contributed by atoms with Crippen molar-refractivity contribution in [2.24, 2.45) is 0 Å². The fourth-order valence-corrected chi connectivity index (χ4v) is 2.56. The third-order valence-corrected chi connectivity index (χ3v) is 3.71. The summed E-state index contributed by atoms with van der Waals surface area (Å²) in [7, 11) is -1.89. The van der Waals surface area contributed by atoms with Crippen LogP contribution in [0.2, 0.25) is 0 Å². The van der Waals surface area contributed by atoms with Crippen LogP contribution in [0.25, 0.3) is 0 Å². The highest BCUT2D eigenvalue weighted by Gasteiger charge is 2.16. The van der Waals surface area contributed by atoms with Gasteiger partial charge in [0.05, 0.1) is 11.5 Å². The lowest BCUT2D eigenvalue weighted by Gasteiger charge is -2.13. The Morgan fingerprint density at radius 1 is 1.31 bits per heavy atom. The van der Waals surface area contributed by atoms with E-state index in [-0.39, 0.29) is 10.9 Å². The van der Waals surface area contributed by atoms with Gasteiger partial charge in [-0.1, -0.05) is 17.7 Å². The van der Waals surface area contributed by atoms with Crippen molar-refractivity contribution in [3.8, 4) is 0 Å². The van der Waals surface area contributed by atoms with Gasteiger partial charge in [-0.3, -0.25) is 0 Å². The van der Waals surface area contributed by atoms with Gasteiger partial charge in [-0.05, 0) is 26.0 Å². The summed E-state index contributed by atoms with van der Waals surface area (Å²) in [5, 5.41) is 0. The van der Waals surface area contributed by atoms with Crippen LogP contribution in [-0.4, -0.2) is 28.2 Å². The highest BCUT2D eigenvalue weighted by atomic mass is 32.2. The molecule has 4 nitrogen and oxygen atoms in total.